The molecule has 1 aromatic rings. The fraction of sp³-hybridized carbons (Fsp3) is 0.533. The van der Waals surface area contributed by atoms with E-state index in [2.05, 4.69) is 20.8 Å². The van der Waals surface area contributed by atoms with Crippen molar-refractivity contribution in [1.29, 1.82) is 0 Å². The first-order chi connectivity index (χ1) is 8.91. The van der Waals surface area contributed by atoms with E-state index in [1.165, 1.54) is 0 Å². The highest BCUT2D eigenvalue weighted by atomic mass is 35.5. The van der Waals surface area contributed by atoms with E-state index in [9.17, 15) is 4.79 Å². The Labute approximate surface area is 120 Å². The lowest BCUT2D eigenvalue weighted by molar-refractivity contribution is 0.0689. The summed E-state index contributed by atoms with van der Waals surface area (Å²) in [5.74, 6) is -0.0195. The standard InChI is InChI=1S/C15H23ClN2O/c1-4-9-18(11-15(2,3)10-17)14(19)12-7-5-6-8-13(12)16/h5-8H,4,9-11,17H2,1-3H3. The Morgan fingerprint density at radius 1 is 1.37 bits per heavy atom. The van der Waals surface area contributed by atoms with E-state index in [4.69, 9.17) is 17.3 Å². The van der Waals surface area contributed by atoms with E-state index < -0.39 is 0 Å². The first-order valence-electron chi connectivity index (χ1n) is 6.65. The van der Waals surface area contributed by atoms with E-state index in [0.29, 0.717) is 30.2 Å². The van der Waals surface area contributed by atoms with Gasteiger partial charge in [-0.25, -0.2) is 0 Å². The van der Waals surface area contributed by atoms with E-state index in [0.717, 1.165) is 6.42 Å². The second-order valence-electron chi connectivity index (χ2n) is 5.57. The average Bonchev–Trinajstić information content (AvgIpc) is 2.38. The zero-order valence-electron chi connectivity index (χ0n) is 11.9. The van der Waals surface area contributed by atoms with Gasteiger partial charge in [-0.2, -0.15) is 0 Å². The number of carbonyl (C=O) groups excluding carboxylic acids is 1. The van der Waals surface area contributed by atoms with Gasteiger partial charge in [-0.3, -0.25) is 4.79 Å². The third kappa shape index (κ3) is 4.51. The maximum Gasteiger partial charge on any atom is 0.255 e. The molecule has 2 N–H and O–H groups in total. The van der Waals surface area contributed by atoms with Crippen molar-refractivity contribution in [2.75, 3.05) is 19.6 Å². The number of nitrogens with zero attached hydrogens (tertiary/aromatic N) is 1. The van der Waals surface area contributed by atoms with E-state index >= 15 is 0 Å². The number of halogens is 1. The van der Waals surface area contributed by atoms with Crippen LogP contribution in [0.3, 0.4) is 0 Å². The first kappa shape index (κ1) is 16.0. The fourth-order valence-corrected chi connectivity index (χ4v) is 2.13. The zero-order chi connectivity index (χ0) is 14.5. The summed E-state index contributed by atoms with van der Waals surface area (Å²) in [6.45, 7) is 8.09. The molecule has 1 aromatic carbocycles. The van der Waals surface area contributed by atoms with Gasteiger partial charge in [-0.15, -0.1) is 0 Å². The normalized spacial score (nSPS) is 11.4. The molecule has 0 heterocycles. The minimum atomic E-state index is -0.0912. The summed E-state index contributed by atoms with van der Waals surface area (Å²) in [7, 11) is 0. The summed E-state index contributed by atoms with van der Waals surface area (Å²) in [4.78, 5) is 14.4. The lowest BCUT2D eigenvalue weighted by atomic mass is 9.92. The Morgan fingerprint density at radius 3 is 2.53 bits per heavy atom. The zero-order valence-corrected chi connectivity index (χ0v) is 12.7. The molecule has 0 saturated heterocycles. The molecule has 0 aliphatic carbocycles. The second-order valence-corrected chi connectivity index (χ2v) is 5.98. The van der Waals surface area contributed by atoms with Gasteiger partial charge in [0.25, 0.3) is 5.91 Å². The van der Waals surface area contributed by atoms with Gasteiger partial charge in [0.15, 0.2) is 0 Å². The van der Waals surface area contributed by atoms with Crippen LogP contribution in [0.1, 0.15) is 37.6 Å². The topological polar surface area (TPSA) is 46.3 Å². The minimum Gasteiger partial charge on any atom is -0.338 e. The van der Waals surface area contributed by atoms with Crippen molar-refractivity contribution in [1.82, 2.24) is 4.90 Å². The van der Waals surface area contributed by atoms with Crippen LogP contribution in [-0.2, 0) is 0 Å². The molecule has 1 rings (SSSR count). The smallest absolute Gasteiger partial charge is 0.255 e. The predicted octanol–water partition coefficient (Wildman–Crippen LogP) is 3.18. The van der Waals surface area contributed by atoms with Gasteiger partial charge >= 0.3 is 0 Å². The van der Waals surface area contributed by atoms with Crippen molar-refractivity contribution < 1.29 is 4.79 Å². The van der Waals surface area contributed by atoms with Gasteiger partial charge < -0.3 is 10.6 Å². The molecule has 0 bridgehead atoms. The molecule has 3 nitrogen and oxygen atoms in total. The third-order valence-corrected chi connectivity index (χ3v) is 3.39. The van der Waals surface area contributed by atoms with E-state index in [1.54, 1.807) is 12.1 Å². The molecule has 106 valence electrons. The molecular weight excluding hydrogens is 260 g/mol. The van der Waals surface area contributed by atoms with Crippen LogP contribution in [0.5, 0.6) is 0 Å². The van der Waals surface area contributed by atoms with Crippen molar-refractivity contribution in [3.8, 4) is 0 Å². The predicted molar refractivity (Wildman–Crippen MR) is 80.5 cm³/mol. The van der Waals surface area contributed by atoms with Crippen LogP contribution < -0.4 is 5.73 Å². The van der Waals surface area contributed by atoms with E-state index in [1.807, 2.05) is 17.0 Å². The second kappa shape index (κ2) is 6.92. The molecule has 0 aliphatic heterocycles. The number of nitrogens with two attached hydrogens (primary N) is 1. The number of amides is 1. The van der Waals surface area contributed by atoms with Crippen molar-refractivity contribution >= 4 is 17.5 Å². The lowest BCUT2D eigenvalue weighted by Gasteiger charge is -2.32. The molecule has 0 aromatic heterocycles. The number of rotatable bonds is 6. The summed E-state index contributed by atoms with van der Waals surface area (Å²) in [5, 5.41) is 0.499. The molecule has 0 unspecified atom stereocenters. The largest absolute Gasteiger partial charge is 0.338 e. The fourth-order valence-electron chi connectivity index (χ4n) is 1.91. The quantitative estimate of drug-likeness (QED) is 0.871. The van der Waals surface area contributed by atoms with Crippen LogP contribution in [0.2, 0.25) is 5.02 Å². The Hall–Kier alpha value is -1.06. The van der Waals surface area contributed by atoms with Crippen molar-refractivity contribution in [3.05, 3.63) is 34.9 Å². The Bertz CT molecular complexity index is 432. The Balaban J connectivity index is 2.93. The number of hydrogen-bond donors (Lipinski definition) is 1. The summed E-state index contributed by atoms with van der Waals surface area (Å²) in [5.41, 5.74) is 6.22. The van der Waals surface area contributed by atoms with Gasteiger partial charge in [0.2, 0.25) is 0 Å². The molecule has 1 amide bonds. The molecule has 4 heteroatoms. The summed E-state index contributed by atoms with van der Waals surface area (Å²) in [6, 6.07) is 7.17. The SMILES string of the molecule is CCCN(CC(C)(C)CN)C(=O)c1ccccc1Cl. The monoisotopic (exact) mass is 282 g/mol. The first-order valence-corrected chi connectivity index (χ1v) is 7.03. The number of hydrogen-bond acceptors (Lipinski definition) is 2. The van der Waals surface area contributed by atoms with Gasteiger partial charge in [-0.05, 0) is 30.5 Å². The summed E-state index contributed by atoms with van der Waals surface area (Å²) < 4.78 is 0. The van der Waals surface area contributed by atoms with Crippen LogP contribution in [0.25, 0.3) is 0 Å². The van der Waals surface area contributed by atoms with Crippen molar-refractivity contribution in [2.24, 2.45) is 11.1 Å². The lowest BCUT2D eigenvalue weighted by Crippen LogP contribution is -2.42. The van der Waals surface area contributed by atoms with Crippen LogP contribution in [0.4, 0.5) is 0 Å². The van der Waals surface area contributed by atoms with Crippen LogP contribution in [0, 0.1) is 5.41 Å². The van der Waals surface area contributed by atoms with Gasteiger partial charge in [0, 0.05) is 13.1 Å². The van der Waals surface area contributed by atoms with Gasteiger partial charge in [0.05, 0.1) is 10.6 Å². The summed E-state index contributed by atoms with van der Waals surface area (Å²) >= 11 is 6.10. The minimum absolute atomic E-state index is 0.0195. The Kier molecular flexibility index (Phi) is 5.83. The third-order valence-electron chi connectivity index (χ3n) is 3.06. The number of benzene rings is 1. The maximum atomic E-state index is 12.5. The highest BCUT2D eigenvalue weighted by Gasteiger charge is 2.24. The average molecular weight is 283 g/mol. The van der Waals surface area contributed by atoms with Crippen LogP contribution >= 0.6 is 11.6 Å². The molecule has 19 heavy (non-hydrogen) atoms. The molecule has 0 radical (unpaired) electrons. The van der Waals surface area contributed by atoms with Crippen LogP contribution in [0.15, 0.2) is 24.3 Å². The van der Waals surface area contributed by atoms with Crippen molar-refractivity contribution in [2.45, 2.75) is 27.2 Å². The van der Waals surface area contributed by atoms with Gasteiger partial charge in [0.1, 0.15) is 0 Å². The summed E-state index contributed by atoms with van der Waals surface area (Å²) in [6.07, 6.45) is 0.914. The molecular formula is C15H23ClN2O. The molecule has 0 aliphatic rings. The Morgan fingerprint density at radius 2 is 2.00 bits per heavy atom. The van der Waals surface area contributed by atoms with Crippen molar-refractivity contribution in [3.63, 3.8) is 0 Å². The highest BCUT2D eigenvalue weighted by Crippen LogP contribution is 2.21. The highest BCUT2D eigenvalue weighted by molar-refractivity contribution is 6.33. The van der Waals surface area contributed by atoms with Crippen LogP contribution in [-0.4, -0.2) is 30.4 Å². The molecule has 0 spiro atoms. The molecule has 0 atom stereocenters. The molecule has 0 fully saturated rings. The molecule has 0 saturated carbocycles. The number of carbonyl (C=O) groups is 1. The van der Waals surface area contributed by atoms with Gasteiger partial charge in [-0.1, -0.05) is 44.5 Å². The maximum absolute atomic E-state index is 12.5. The van der Waals surface area contributed by atoms with E-state index in [-0.39, 0.29) is 11.3 Å².